The van der Waals surface area contributed by atoms with Gasteiger partial charge in [-0.25, -0.2) is 4.39 Å². The van der Waals surface area contributed by atoms with Crippen molar-refractivity contribution in [1.29, 1.82) is 0 Å². The minimum Gasteiger partial charge on any atom is -0.486 e. The third-order valence-electron chi connectivity index (χ3n) is 3.28. The van der Waals surface area contributed by atoms with E-state index >= 15 is 0 Å². The average Bonchev–Trinajstić information content (AvgIpc) is 2.59. The lowest BCUT2D eigenvalue weighted by Crippen LogP contribution is -2.42. The number of halogens is 1. The molecular weight excluding hydrogens is 301 g/mol. The maximum absolute atomic E-state index is 12.8. The molecule has 1 atom stereocenters. The van der Waals surface area contributed by atoms with Crippen LogP contribution in [0.5, 0.6) is 17.2 Å². The number of fused-ring (bicyclic) bond motifs is 1. The molecule has 23 heavy (non-hydrogen) atoms. The topological polar surface area (TPSA) is 56.8 Å². The number of carbonyl (C=O) groups excluding carboxylic acids is 1. The van der Waals surface area contributed by atoms with Crippen molar-refractivity contribution in [2.45, 2.75) is 6.10 Å². The van der Waals surface area contributed by atoms with Crippen molar-refractivity contribution in [2.75, 3.05) is 19.8 Å². The van der Waals surface area contributed by atoms with E-state index in [1.54, 1.807) is 0 Å². The lowest BCUT2D eigenvalue weighted by Gasteiger charge is -2.26. The van der Waals surface area contributed by atoms with Gasteiger partial charge in [-0.15, -0.1) is 0 Å². The summed E-state index contributed by atoms with van der Waals surface area (Å²) in [6, 6.07) is 12.9. The van der Waals surface area contributed by atoms with Gasteiger partial charge >= 0.3 is 0 Å². The number of benzene rings is 2. The van der Waals surface area contributed by atoms with Crippen LogP contribution in [0.2, 0.25) is 0 Å². The van der Waals surface area contributed by atoms with Crippen LogP contribution in [0, 0.1) is 5.82 Å². The summed E-state index contributed by atoms with van der Waals surface area (Å²) in [5.74, 6) is 1.18. The van der Waals surface area contributed by atoms with E-state index < -0.39 is 0 Å². The first kappa shape index (κ1) is 15.1. The van der Waals surface area contributed by atoms with Gasteiger partial charge in [0.1, 0.15) is 24.3 Å². The molecule has 0 aromatic heterocycles. The van der Waals surface area contributed by atoms with Crippen molar-refractivity contribution < 1.29 is 23.4 Å². The van der Waals surface area contributed by atoms with Gasteiger partial charge in [-0.05, 0) is 36.4 Å². The lowest BCUT2D eigenvalue weighted by molar-refractivity contribution is -0.123. The number of hydrogen-bond donors (Lipinski definition) is 1. The monoisotopic (exact) mass is 317 g/mol. The standard InChI is InChI=1S/C17H16FNO4/c18-12-5-7-13(8-6-12)21-11-17(20)19-9-14-10-22-15-3-1-2-4-16(15)23-14/h1-8,14H,9-11H2,(H,19,20). The fourth-order valence-corrected chi connectivity index (χ4v) is 2.12. The number of ether oxygens (including phenoxy) is 3. The van der Waals surface area contributed by atoms with E-state index in [1.165, 1.54) is 24.3 Å². The predicted octanol–water partition coefficient (Wildman–Crippen LogP) is 2.16. The first-order valence-electron chi connectivity index (χ1n) is 7.24. The molecule has 1 unspecified atom stereocenters. The Morgan fingerprint density at radius 3 is 2.70 bits per heavy atom. The van der Waals surface area contributed by atoms with Crippen LogP contribution < -0.4 is 19.5 Å². The van der Waals surface area contributed by atoms with Gasteiger partial charge in [0.2, 0.25) is 0 Å². The van der Waals surface area contributed by atoms with E-state index in [0.717, 1.165) is 0 Å². The van der Waals surface area contributed by atoms with E-state index in [2.05, 4.69) is 5.32 Å². The van der Waals surface area contributed by atoms with Gasteiger partial charge < -0.3 is 19.5 Å². The molecule has 1 heterocycles. The van der Waals surface area contributed by atoms with Crippen LogP contribution in [0.15, 0.2) is 48.5 Å². The predicted molar refractivity (Wildman–Crippen MR) is 81.3 cm³/mol. The molecule has 1 aliphatic heterocycles. The molecule has 0 fully saturated rings. The molecule has 1 N–H and O–H groups in total. The first-order chi connectivity index (χ1) is 11.2. The molecular formula is C17H16FNO4. The zero-order valence-electron chi connectivity index (χ0n) is 12.3. The smallest absolute Gasteiger partial charge is 0.258 e. The Morgan fingerprint density at radius 2 is 1.91 bits per heavy atom. The Labute approximate surface area is 133 Å². The van der Waals surface area contributed by atoms with Gasteiger partial charge in [0.05, 0.1) is 6.54 Å². The third kappa shape index (κ3) is 4.12. The molecule has 6 heteroatoms. The Hall–Kier alpha value is -2.76. The summed E-state index contributed by atoms with van der Waals surface area (Å²) >= 11 is 0. The lowest BCUT2D eigenvalue weighted by atomic mass is 10.2. The normalized spacial score (nSPS) is 15.8. The maximum Gasteiger partial charge on any atom is 0.258 e. The Balaban J connectivity index is 1.42. The minimum absolute atomic E-state index is 0.143. The molecule has 1 amide bonds. The van der Waals surface area contributed by atoms with E-state index in [1.807, 2.05) is 24.3 Å². The Bertz CT molecular complexity index is 675. The Morgan fingerprint density at radius 1 is 1.17 bits per heavy atom. The van der Waals surface area contributed by atoms with Crippen LogP contribution in [0.25, 0.3) is 0 Å². The van der Waals surface area contributed by atoms with Gasteiger partial charge in [0.25, 0.3) is 5.91 Å². The highest BCUT2D eigenvalue weighted by Gasteiger charge is 2.20. The summed E-state index contributed by atoms with van der Waals surface area (Å²) in [5, 5.41) is 2.72. The third-order valence-corrected chi connectivity index (χ3v) is 3.28. The number of rotatable bonds is 5. The molecule has 2 aromatic rings. The highest BCUT2D eigenvalue weighted by atomic mass is 19.1. The summed E-state index contributed by atoms with van der Waals surface area (Å²) in [5.41, 5.74) is 0. The van der Waals surface area contributed by atoms with Crippen molar-refractivity contribution >= 4 is 5.91 Å². The number of nitrogens with one attached hydrogen (secondary N) is 1. The summed E-state index contributed by atoms with van der Waals surface area (Å²) in [6.07, 6.45) is -0.250. The fourth-order valence-electron chi connectivity index (χ4n) is 2.12. The maximum atomic E-state index is 12.8. The van der Waals surface area contributed by atoms with Crippen LogP contribution >= 0.6 is 0 Å². The van der Waals surface area contributed by atoms with Gasteiger partial charge in [-0.2, -0.15) is 0 Å². The number of para-hydroxylation sites is 2. The zero-order chi connectivity index (χ0) is 16.1. The number of hydrogen-bond acceptors (Lipinski definition) is 4. The quantitative estimate of drug-likeness (QED) is 0.918. The van der Waals surface area contributed by atoms with Crippen LogP contribution in [0.1, 0.15) is 0 Å². The van der Waals surface area contributed by atoms with Gasteiger partial charge in [0.15, 0.2) is 18.1 Å². The van der Waals surface area contributed by atoms with Crippen molar-refractivity contribution in [2.24, 2.45) is 0 Å². The van der Waals surface area contributed by atoms with Gasteiger partial charge in [0, 0.05) is 0 Å². The van der Waals surface area contributed by atoms with Crippen molar-refractivity contribution in [3.8, 4) is 17.2 Å². The first-order valence-corrected chi connectivity index (χ1v) is 7.24. The van der Waals surface area contributed by atoms with Gasteiger partial charge in [-0.3, -0.25) is 4.79 Å². The molecule has 0 radical (unpaired) electrons. The van der Waals surface area contributed by atoms with Gasteiger partial charge in [-0.1, -0.05) is 12.1 Å². The second-order valence-electron chi connectivity index (χ2n) is 5.04. The SMILES string of the molecule is O=C(COc1ccc(F)cc1)NCC1COc2ccccc2O1. The summed E-state index contributed by atoms with van der Waals surface area (Å²) in [6.45, 7) is 0.547. The van der Waals surface area contributed by atoms with E-state index in [4.69, 9.17) is 14.2 Å². The molecule has 0 aliphatic carbocycles. The molecule has 3 rings (SSSR count). The average molecular weight is 317 g/mol. The van der Waals surface area contributed by atoms with E-state index in [9.17, 15) is 9.18 Å². The van der Waals surface area contributed by atoms with E-state index in [0.29, 0.717) is 30.4 Å². The molecule has 0 saturated heterocycles. The molecule has 5 nitrogen and oxygen atoms in total. The fraction of sp³-hybridized carbons (Fsp3) is 0.235. The largest absolute Gasteiger partial charge is 0.486 e. The van der Waals surface area contributed by atoms with Crippen molar-refractivity contribution in [1.82, 2.24) is 5.32 Å². The van der Waals surface area contributed by atoms with Crippen LogP contribution in [-0.4, -0.2) is 31.8 Å². The molecule has 0 saturated carbocycles. The second kappa shape index (κ2) is 7.00. The van der Waals surface area contributed by atoms with Crippen LogP contribution in [0.4, 0.5) is 4.39 Å². The zero-order valence-corrected chi connectivity index (χ0v) is 12.3. The minimum atomic E-state index is -0.350. The highest BCUT2D eigenvalue weighted by molar-refractivity contribution is 5.77. The van der Waals surface area contributed by atoms with Crippen molar-refractivity contribution in [3.63, 3.8) is 0 Å². The van der Waals surface area contributed by atoms with Crippen molar-refractivity contribution in [3.05, 3.63) is 54.3 Å². The second-order valence-corrected chi connectivity index (χ2v) is 5.04. The molecule has 2 aromatic carbocycles. The molecule has 1 aliphatic rings. The van der Waals surface area contributed by atoms with Crippen LogP contribution in [-0.2, 0) is 4.79 Å². The summed E-state index contributed by atoms with van der Waals surface area (Å²) < 4.78 is 29.3. The highest BCUT2D eigenvalue weighted by Crippen LogP contribution is 2.30. The van der Waals surface area contributed by atoms with E-state index in [-0.39, 0.29) is 24.4 Å². The molecule has 120 valence electrons. The Kier molecular flexibility index (Phi) is 4.61. The molecule has 0 bridgehead atoms. The summed E-state index contributed by atoms with van der Waals surface area (Å²) in [4.78, 5) is 11.8. The summed E-state index contributed by atoms with van der Waals surface area (Å²) in [7, 11) is 0. The molecule has 0 spiro atoms. The van der Waals surface area contributed by atoms with Crippen LogP contribution in [0.3, 0.4) is 0 Å². The number of carbonyl (C=O) groups is 1. The number of amides is 1.